The molecule has 0 unspecified atom stereocenters. The highest BCUT2D eigenvalue weighted by Crippen LogP contribution is 2.26. The molecule has 1 amide bonds. The number of pyridine rings is 2. The molecule has 8 nitrogen and oxygen atoms in total. The van der Waals surface area contributed by atoms with Crippen LogP contribution < -0.4 is 10.1 Å². The lowest BCUT2D eigenvalue weighted by Gasteiger charge is -2.26. The minimum atomic E-state index is -0.289. The lowest BCUT2D eigenvalue weighted by Crippen LogP contribution is -2.38. The molecular formula is C27H29N5O3. The van der Waals surface area contributed by atoms with Gasteiger partial charge in [0, 0.05) is 72.0 Å². The molecule has 5 rings (SSSR count). The van der Waals surface area contributed by atoms with E-state index >= 15 is 0 Å². The monoisotopic (exact) mass is 471 g/mol. The van der Waals surface area contributed by atoms with Crippen molar-refractivity contribution in [2.24, 2.45) is 0 Å². The van der Waals surface area contributed by atoms with Crippen LogP contribution in [0.4, 0.5) is 5.69 Å². The second-order valence-electron chi connectivity index (χ2n) is 8.70. The molecule has 0 atom stereocenters. The van der Waals surface area contributed by atoms with Crippen LogP contribution >= 0.6 is 0 Å². The van der Waals surface area contributed by atoms with Gasteiger partial charge >= 0.3 is 0 Å². The number of H-pyrrole nitrogens is 1. The third-order valence-electron chi connectivity index (χ3n) is 6.35. The Morgan fingerprint density at radius 1 is 1.11 bits per heavy atom. The topological polar surface area (TPSA) is 92.4 Å². The first kappa shape index (κ1) is 23.0. The third-order valence-corrected chi connectivity index (χ3v) is 6.35. The number of fused-ring (bicyclic) bond motifs is 1. The first-order valence-electron chi connectivity index (χ1n) is 11.8. The molecule has 180 valence electrons. The molecule has 1 fully saturated rings. The second-order valence-corrected chi connectivity index (χ2v) is 8.70. The van der Waals surface area contributed by atoms with Crippen LogP contribution in [-0.4, -0.2) is 65.2 Å². The predicted molar refractivity (Wildman–Crippen MR) is 136 cm³/mol. The minimum Gasteiger partial charge on any atom is -0.492 e. The number of carbonyl (C=O) groups excluding carboxylic acids is 1. The summed E-state index contributed by atoms with van der Waals surface area (Å²) < 4.78 is 11.5. The number of amides is 1. The summed E-state index contributed by atoms with van der Waals surface area (Å²) in [6, 6.07) is 13.2. The molecule has 2 N–H and O–H groups in total. The highest BCUT2D eigenvalue weighted by atomic mass is 16.5. The Morgan fingerprint density at radius 3 is 2.71 bits per heavy atom. The quantitative estimate of drug-likeness (QED) is 0.420. The second kappa shape index (κ2) is 10.2. The molecule has 1 saturated heterocycles. The van der Waals surface area contributed by atoms with Crippen molar-refractivity contribution in [3.63, 3.8) is 0 Å². The normalized spacial score (nSPS) is 14.2. The molecule has 1 aromatic carbocycles. The molecule has 4 aromatic rings. The van der Waals surface area contributed by atoms with Gasteiger partial charge < -0.3 is 19.8 Å². The SMILES string of the molecule is Cc1[nH]c2ccc(NC(=O)c3cc(OCCN4CCOCC4)cc(-c4ccncc4)n3)cc2c1C. The van der Waals surface area contributed by atoms with E-state index in [2.05, 4.69) is 32.1 Å². The molecule has 4 heterocycles. The fourth-order valence-electron chi connectivity index (χ4n) is 4.23. The van der Waals surface area contributed by atoms with Crippen LogP contribution in [0.1, 0.15) is 21.7 Å². The zero-order valence-electron chi connectivity index (χ0n) is 20.0. The zero-order chi connectivity index (χ0) is 24.2. The molecule has 1 aliphatic rings. The average Bonchev–Trinajstić information content (AvgIpc) is 3.18. The van der Waals surface area contributed by atoms with Crippen LogP contribution in [-0.2, 0) is 4.74 Å². The number of ether oxygens (including phenoxy) is 2. The number of benzene rings is 1. The lowest BCUT2D eigenvalue weighted by atomic mass is 10.1. The largest absolute Gasteiger partial charge is 0.492 e. The van der Waals surface area contributed by atoms with Gasteiger partial charge in [-0.1, -0.05) is 0 Å². The lowest BCUT2D eigenvalue weighted by molar-refractivity contribution is 0.0322. The van der Waals surface area contributed by atoms with Crippen molar-refractivity contribution in [2.75, 3.05) is 44.8 Å². The van der Waals surface area contributed by atoms with E-state index in [1.165, 1.54) is 5.56 Å². The summed E-state index contributed by atoms with van der Waals surface area (Å²) in [5, 5.41) is 4.08. The summed E-state index contributed by atoms with van der Waals surface area (Å²) in [6.07, 6.45) is 3.41. The number of aryl methyl sites for hydroxylation is 2. The van der Waals surface area contributed by atoms with Crippen molar-refractivity contribution in [3.8, 4) is 17.0 Å². The van der Waals surface area contributed by atoms with Gasteiger partial charge in [-0.25, -0.2) is 4.98 Å². The summed E-state index contributed by atoms with van der Waals surface area (Å²) in [4.78, 5) is 27.6. The number of hydrogen-bond acceptors (Lipinski definition) is 6. The van der Waals surface area contributed by atoms with Crippen molar-refractivity contribution in [2.45, 2.75) is 13.8 Å². The van der Waals surface area contributed by atoms with Crippen molar-refractivity contribution >= 4 is 22.5 Å². The van der Waals surface area contributed by atoms with E-state index in [-0.39, 0.29) is 5.91 Å². The maximum atomic E-state index is 13.2. The van der Waals surface area contributed by atoms with Crippen LogP contribution in [0.2, 0.25) is 0 Å². The van der Waals surface area contributed by atoms with E-state index in [1.807, 2.05) is 43.3 Å². The first-order valence-corrected chi connectivity index (χ1v) is 11.8. The first-order chi connectivity index (χ1) is 17.1. The Bertz CT molecular complexity index is 1330. The number of rotatable bonds is 7. The molecule has 35 heavy (non-hydrogen) atoms. The number of morpholine rings is 1. The van der Waals surface area contributed by atoms with Gasteiger partial charge in [0.25, 0.3) is 5.91 Å². The van der Waals surface area contributed by atoms with E-state index in [1.54, 1.807) is 18.5 Å². The fraction of sp³-hybridized carbons (Fsp3) is 0.296. The summed E-state index contributed by atoms with van der Waals surface area (Å²) in [5.41, 5.74) is 5.88. The molecule has 8 heteroatoms. The molecule has 0 aliphatic carbocycles. The number of hydrogen-bond donors (Lipinski definition) is 2. The van der Waals surface area contributed by atoms with Gasteiger partial charge in [0.05, 0.1) is 18.9 Å². The van der Waals surface area contributed by atoms with Crippen molar-refractivity contribution in [1.82, 2.24) is 19.9 Å². The van der Waals surface area contributed by atoms with E-state index in [0.717, 1.165) is 60.7 Å². The molecule has 0 radical (unpaired) electrons. The standard InChI is InChI=1S/C27H29N5O3/c1-18-19(2)29-24-4-3-21(15-23(18)24)30-27(33)26-17-22(35-14-11-32-9-12-34-13-10-32)16-25(31-26)20-5-7-28-8-6-20/h3-8,15-17,29H,9-14H2,1-2H3,(H,30,33). The number of aromatic amines is 1. The maximum Gasteiger partial charge on any atom is 0.274 e. The van der Waals surface area contributed by atoms with Gasteiger partial charge in [-0.2, -0.15) is 0 Å². The van der Waals surface area contributed by atoms with Gasteiger partial charge in [0.15, 0.2) is 0 Å². The highest BCUT2D eigenvalue weighted by molar-refractivity contribution is 6.04. The molecule has 3 aromatic heterocycles. The van der Waals surface area contributed by atoms with Gasteiger partial charge in [0.1, 0.15) is 18.1 Å². The number of nitrogens with one attached hydrogen (secondary N) is 2. The Morgan fingerprint density at radius 2 is 1.91 bits per heavy atom. The Balaban J connectivity index is 1.37. The van der Waals surface area contributed by atoms with E-state index in [0.29, 0.717) is 23.7 Å². The number of aromatic nitrogens is 3. The number of nitrogens with zero attached hydrogens (tertiary/aromatic N) is 3. The van der Waals surface area contributed by atoms with Crippen molar-refractivity contribution in [3.05, 3.63) is 71.8 Å². The Kier molecular flexibility index (Phi) is 6.74. The van der Waals surface area contributed by atoms with Crippen LogP contribution in [0.5, 0.6) is 5.75 Å². The van der Waals surface area contributed by atoms with Gasteiger partial charge in [-0.15, -0.1) is 0 Å². The Hall–Kier alpha value is -3.75. The summed E-state index contributed by atoms with van der Waals surface area (Å²) in [5.74, 6) is 0.320. The molecule has 1 aliphatic heterocycles. The van der Waals surface area contributed by atoms with E-state index < -0.39 is 0 Å². The average molecular weight is 472 g/mol. The minimum absolute atomic E-state index is 0.289. The third kappa shape index (κ3) is 5.34. The highest BCUT2D eigenvalue weighted by Gasteiger charge is 2.15. The zero-order valence-corrected chi connectivity index (χ0v) is 20.0. The Labute approximate surface area is 204 Å². The van der Waals surface area contributed by atoms with E-state index in [4.69, 9.17) is 9.47 Å². The van der Waals surface area contributed by atoms with Gasteiger partial charge in [-0.3, -0.25) is 14.7 Å². The molecule has 0 bridgehead atoms. The van der Waals surface area contributed by atoms with E-state index in [9.17, 15) is 4.79 Å². The maximum absolute atomic E-state index is 13.2. The molecule has 0 spiro atoms. The van der Waals surface area contributed by atoms with Gasteiger partial charge in [-0.05, 0) is 49.7 Å². The van der Waals surface area contributed by atoms with Crippen LogP contribution in [0.3, 0.4) is 0 Å². The predicted octanol–water partition coefficient (Wildman–Crippen LogP) is 4.21. The summed E-state index contributed by atoms with van der Waals surface area (Å²) in [7, 11) is 0. The number of carbonyl (C=O) groups is 1. The smallest absolute Gasteiger partial charge is 0.274 e. The van der Waals surface area contributed by atoms with Crippen molar-refractivity contribution in [1.29, 1.82) is 0 Å². The van der Waals surface area contributed by atoms with Crippen LogP contribution in [0, 0.1) is 13.8 Å². The fourth-order valence-corrected chi connectivity index (χ4v) is 4.23. The van der Waals surface area contributed by atoms with Gasteiger partial charge in [0.2, 0.25) is 0 Å². The number of anilines is 1. The van der Waals surface area contributed by atoms with Crippen LogP contribution in [0.15, 0.2) is 54.9 Å². The summed E-state index contributed by atoms with van der Waals surface area (Å²) in [6.45, 7) is 8.73. The molecular weight excluding hydrogens is 442 g/mol. The van der Waals surface area contributed by atoms with Crippen LogP contribution in [0.25, 0.3) is 22.2 Å². The summed E-state index contributed by atoms with van der Waals surface area (Å²) >= 11 is 0. The molecule has 0 saturated carbocycles. The van der Waals surface area contributed by atoms with Crippen molar-refractivity contribution < 1.29 is 14.3 Å².